The van der Waals surface area contributed by atoms with Gasteiger partial charge in [-0.15, -0.1) is 0 Å². The molecule has 1 aliphatic heterocycles. The summed E-state index contributed by atoms with van der Waals surface area (Å²) in [6.07, 6.45) is 1.68. The molecule has 1 aliphatic rings. The average molecular weight is 482 g/mol. The number of nitrogens with zero attached hydrogens (tertiary/aromatic N) is 3. The molecule has 174 valence electrons. The van der Waals surface area contributed by atoms with E-state index in [0.29, 0.717) is 24.5 Å². The van der Waals surface area contributed by atoms with Gasteiger partial charge in [-0.2, -0.15) is 4.99 Å². The molecule has 11 heteroatoms. The molecule has 1 aromatic carbocycles. The van der Waals surface area contributed by atoms with E-state index in [-0.39, 0.29) is 18.0 Å². The maximum atomic E-state index is 12.5. The number of rotatable bonds is 7. The molecular formula is C21H27N3O6S2. The summed E-state index contributed by atoms with van der Waals surface area (Å²) in [5.74, 6) is -2.91. The molecule has 2 aromatic rings. The van der Waals surface area contributed by atoms with E-state index >= 15 is 0 Å². The van der Waals surface area contributed by atoms with Crippen LogP contribution < -0.4 is 4.80 Å². The number of likely N-dealkylation sites (tertiary alicyclic amines) is 1. The summed E-state index contributed by atoms with van der Waals surface area (Å²) >= 11 is 1.17. The predicted octanol–water partition coefficient (Wildman–Crippen LogP) is 1.37. The van der Waals surface area contributed by atoms with Gasteiger partial charge in [0.15, 0.2) is 14.6 Å². The van der Waals surface area contributed by atoms with Crippen LogP contribution in [0.2, 0.25) is 0 Å². The van der Waals surface area contributed by atoms with Gasteiger partial charge in [0.25, 0.3) is 5.91 Å². The lowest BCUT2D eigenvalue weighted by Crippen LogP contribution is -2.41. The molecule has 0 unspecified atom stereocenters. The molecule has 2 amide bonds. The number of esters is 1. The first-order chi connectivity index (χ1) is 15.2. The van der Waals surface area contributed by atoms with Crippen LogP contribution in [0.25, 0.3) is 10.2 Å². The van der Waals surface area contributed by atoms with Gasteiger partial charge in [0, 0.05) is 13.1 Å². The van der Waals surface area contributed by atoms with Crippen LogP contribution in [0, 0.1) is 5.92 Å². The molecule has 0 aliphatic carbocycles. The standard InChI is InChI=1S/C21H27N3O6S2/c1-3-30-20(27)12-24-16-6-4-5-7-17(16)31-21(24)22-18(25)13-32(28,29)14-19(26)23-10-8-15(2)9-11-23/h4-7,15H,3,8-14H2,1-2H3. The second-order valence-corrected chi connectivity index (χ2v) is 10.9. The quantitative estimate of drug-likeness (QED) is 0.552. The van der Waals surface area contributed by atoms with E-state index in [1.165, 1.54) is 15.9 Å². The number of carbonyl (C=O) groups excluding carboxylic acids is 3. The fourth-order valence-corrected chi connectivity index (χ4v) is 5.66. The number of piperidine rings is 1. The first-order valence-electron chi connectivity index (χ1n) is 10.5. The van der Waals surface area contributed by atoms with Crippen molar-refractivity contribution in [3.8, 4) is 0 Å². The first-order valence-corrected chi connectivity index (χ1v) is 13.1. The van der Waals surface area contributed by atoms with Gasteiger partial charge in [-0.3, -0.25) is 14.4 Å². The smallest absolute Gasteiger partial charge is 0.326 e. The van der Waals surface area contributed by atoms with Crippen LogP contribution in [-0.2, 0) is 35.5 Å². The Morgan fingerprint density at radius 2 is 1.84 bits per heavy atom. The first kappa shape index (κ1) is 24.1. The summed E-state index contributed by atoms with van der Waals surface area (Å²) in [5.41, 5.74) is 0.689. The van der Waals surface area contributed by atoms with Gasteiger partial charge in [-0.05, 0) is 37.8 Å². The van der Waals surface area contributed by atoms with Crippen LogP contribution in [0.1, 0.15) is 26.7 Å². The summed E-state index contributed by atoms with van der Waals surface area (Å²) < 4.78 is 32.2. The van der Waals surface area contributed by atoms with E-state index in [4.69, 9.17) is 4.74 Å². The SMILES string of the molecule is CCOC(=O)Cn1c(=NC(=O)CS(=O)(=O)CC(=O)N2CCC(C)CC2)sc2ccccc21. The maximum absolute atomic E-state index is 12.5. The molecule has 1 aromatic heterocycles. The van der Waals surface area contributed by atoms with E-state index in [1.807, 2.05) is 12.1 Å². The Labute approximate surface area is 190 Å². The van der Waals surface area contributed by atoms with Crippen LogP contribution in [0.4, 0.5) is 0 Å². The lowest BCUT2D eigenvalue weighted by atomic mass is 9.99. The van der Waals surface area contributed by atoms with E-state index in [9.17, 15) is 22.8 Å². The van der Waals surface area contributed by atoms with Gasteiger partial charge in [0.1, 0.15) is 18.1 Å². The molecular weight excluding hydrogens is 454 g/mol. The van der Waals surface area contributed by atoms with Gasteiger partial charge in [0.2, 0.25) is 5.91 Å². The van der Waals surface area contributed by atoms with Crippen molar-refractivity contribution < 1.29 is 27.5 Å². The van der Waals surface area contributed by atoms with E-state index < -0.39 is 39.1 Å². The molecule has 0 saturated carbocycles. The topological polar surface area (TPSA) is 115 Å². The summed E-state index contributed by atoms with van der Waals surface area (Å²) in [4.78, 5) is 42.6. The zero-order valence-corrected chi connectivity index (χ0v) is 19.8. The highest BCUT2D eigenvalue weighted by Crippen LogP contribution is 2.17. The number of hydrogen-bond acceptors (Lipinski definition) is 7. The molecule has 32 heavy (non-hydrogen) atoms. The number of fused-ring (bicyclic) bond motifs is 1. The Bertz CT molecular complexity index is 1170. The van der Waals surface area contributed by atoms with Crippen molar-refractivity contribution >= 4 is 49.2 Å². The van der Waals surface area contributed by atoms with Crippen molar-refractivity contribution in [3.05, 3.63) is 29.1 Å². The van der Waals surface area contributed by atoms with E-state index in [0.717, 1.165) is 17.5 Å². The third-order valence-corrected chi connectivity index (χ3v) is 7.66. The second-order valence-electron chi connectivity index (χ2n) is 7.84. The molecule has 0 spiro atoms. The fraction of sp³-hybridized carbons (Fsp3) is 0.524. The number of ether oxygens (including phenoxy) is 1. The highest BCUT2D eigenvalue weighted by Gasteiger charge is 2.26. The predicted molar refractivity (Wildman–Crippen MR) is 121 cm³/mol. The number of thiazole rings is 1. The Morgan fingerprint density at radius 1 is 1.16 bits per heavy atom. The lowest BCUT2D eigenvalue weighted by Gasteiger charge is -2.30. The molecule has 1 saturated heterocycles. The monoisotopic (exact) mass is 481 g/mol. The highest BCUT2D eigenvalue weighted by atomic mass is 32.2. The summed E-state index contributed by atoms with van der Waals surface area (Å²) in [6, 6.07) is 7.21. The van der Waals surface area contributed by atoms with Crippen LogP contribution in [-0.4, -0.2) is 66.9 Å². The fourth-order valence-electron chi connectivity index (χ4n) is 3.51. The maximum Gasteiger partial charge on any atom is 0.326 e. The minimum atomic E-state index is -3.97. The molecule has 2 heterocycles. The zero-order valence-electron chi connectivity index (χ0n) is 18.2. The minimum absolute atomic E-state index is 0.150. The molecule has 3 rings (SSSR count). The van der Waals surface area contributed by atoms with Gasteiger partial charge in [0.05, 0.1) is 16.8 Å². The molecule has 0 bridgehead atoms. The van der Waals surface area contributed by atoms with Gasteiger partial charge < -0.3 is 14.2 Å². The average Bonchev–Trinajstić information content (AvgIpc) is 3.04. The Morgan fingerprint density at radius 3 is 2.53 bits per heavy atom. The third-order valence-electron chi connectivity index (χ3n) is 5.22. The van der Waals surface area contributed by atoms with Crippen molar-refractivity contribution in [2.45, 2.75) is 33.2 Å². The van der Waals surface area contributed by atoms with Crippen LogP contribution >= 0.6 is 11.3 Å². The number of carbonyl (C=O) groups is 3. The van der Waals surface area contributed by atoms with Crippen molar-refractivity contribution in [3.63, 3.8) is 0 Å². The van der Waals surface area contributed by atoms with Crippen molar-refractivity contribution in [1.29, 1.82) is 0 Å². The molecule has 9 nitrogen and oxygen atoms in total. The van der Waals surface area contributed by atoms with Crippen LogP contribution in [0.5, 0.6) is 0 Å². The Balaban J connectivity index is 1.77. The highest BCUT2D eigenvalue weighted by molar-refractivity contribution is 7.92. The van der Waals surface area contributed by atoms with Gasteiger partial charge >= 0.3 is 5.97 Å². The van der Waals surface area contributed by atoms with Gasteiger partial charge in [-0.1, -0.05) is 30.4 Å². The second kappa shape index (κ2) is 10.4. The Hall–Kier alpha value is -2.53. The number of hydrogen-bond donors (Lipinski definition) is 0. The largest absolute Gasteiger partial charge is 0.465 e. The van der Waals surface area contributed by atoms with Gasteiger partial charge in [-0.25, -0.2) is 8.42 Å². The van der Waals surface area contributed by atoms with Crippen LogP contribution in [0.15, 0.2) is 29.3 Å². The zero-order chi connectivity index (χ0) is 23.3. The van der Waals surface area contributed by atoms with Crippen molar-refractivity contribution in [1.82, 2.24) is 9.47 Å². The van der Waals surface area contributed by atoms with Crippen molar-refractivity contribution in [2.24, 2.45) is 10.9 Å². The number of sulfone groups is 1. The number of aromatic nitrogens is 1. The molecule has 0 atom stereocenters. The Kier molecular flexibility index (Phi) is 7.83. The van der Waals surface area contributed by atoms with E-state index in [1.54, 1.807) is 24.0 Å². The molecule has 1 fully saturated rings. The summed E-state index contributed by atoms with van der Waals surface area (Å²) in [7, 11) is -3.97. The summed E-state index contributed by atoms with van der Waals surface area (Å²) in [6.45, 7) is 4.92. The number of amides is 2. The third kappa shape index (κ3) is 6.26. The minimum Gasteiger partial charge on any atom is -0.465 e. The van der Waals surface area contributed by atoms with E-state index in [2.05, 4.69) is 11.9 Å². The molecule has 0 radical (unpaired) electrons. The molecule has 0 N–H and O–H groups in total. The number of benzene rings is 1. The lowest BCUT2D eigenvalue weighted by molar-refractivity contribution is -0.143. The normalized spacial score (nSPS) is 15.8. The number of para-hydroxylation sites is 1. The summed E-state index contributed by atoms with van der Waals surface area (Å²) in [5, 5.41) is 0. The van der Waals surface area contributed by atoms with Crippen LogP contribution in [0.3, 0.4) is 0 Å². The van der Waals surface area contributed by atoms with Crippen molar-refractivity contribution in [2.75, 3.05) is 31.2 Å².